The zero-order valence-electron chi connectivity index (χ0n) is 15.1. The molecule has 0 radical (unpaired) electrons. The molecule has 0 bridgehead atoms. The third-order valence-corrected chi connectivity index (χ3v) is 5.67. The van der Waals surface area contributed by atoms with Crippen LogP contribution >= 0.6 is 23.4 Å². The van der Waals surface area contributed by atoms with E-state index in [1.54, 1.807) is 0 Å². The Bertz CT molecular complexity index is 819. The van der Waals surface area contributed by atoms with Crippen molar-refractivity contribution in [3.8, 4) is 0 Å². The lowest BCUT2D eigenvalue weighted by Gasteiger charge is -2.32. The van der Waals surface area contributed by atoms with Gasteiger partial charge in [0.2, 0.25) is 0 Å². The number of nitrogens with zero attached hydrogens (tertiary/aromatic N) is 1. The van der Waals surface area contributed by atoms with Gasteiger partial charge in [0.25, 0.3) is 0 Å². The summed E-state index contributed by atoms with van der Waals surface area (Å²) in [5, 5.41) is 0.785. The van der Waals surface area contributed by atoms with Crippen LogP contribution in [0.25, 0.3) is 0 Å². The highest BCUT2D eigenvalue weighted by molar-refractivity contribution is 7.99. The van der Waals surface area contributed by atoms with Crippen molar-refractivity contribution in [2.24, 2.45) is 0 Å². The van der Waals surface area contributed by atoms with Crippen molar-refractivity contribution >= 4 is 34.7 Å². The van der Waals surface area contributed by atoms with Gasteiger partial charge in [-0.3, -0.25) is 0 Å². The van der Waals surface area contributed by atoms with E-state index in [-0.39, 0.29) is 0 Å². The minimum absolute atomic E-state index is 0.785. The minimum Gasteiger partial charge on any atom is -0.336 e. The van der Waals surface area contributed by atoms with Gasteiger partial charge in [0.15, 0.2) is 0 Å². The second kappa shape index (κ2) is 8.16. The van der Waals surface area contributed by atoms with Crippen molar-refractivity contribution < 1.29 is 0 Å². The summed E-state index contributed by atoms with van der Waals surface area (Å²) < 4.78 is 0. The molecular formula is C22H24ClNS. The number of allylic oxidation sites excluding steroid dienone is 3. The summed E-state index contributed by atoms with van der Waals surface area (Å²) in [7, 11) is 0. The van der Waals surface area contributed by atoms with Gasteiger partial charge in [-0.05, 0) is 63.9 Å². The van der Waals surface area contributed by atoms with Crippen molar-refractivity contribution in [3.63, 3.8) is 0 Å². The van der Waals surface area contributed by atoms with Crippen LogP contribution in [0.15, 0.2) is 75.6 Å². The zero-order valence-corrected chi connectivity index (χ0v) is 16.6. The first-order valence-corrected chi connectivity index (χ1v) is 9.87. The molecule has 2 aromatic rings. The van der Waals surface area contributed by atoms with Gasteiger partial charge in [-0.2, -0.15) is 0 Å². The molecule has 0 unspecified atom stereocenters. The fourth-order valence-electron chi connectivity index (χ4n) is 2.94. The third kappa shape index (κ3) is 4.50. The molecule has 0 saturated carbocycles. The lowest BCUT2D eigenvalue weighted by atomic mass is 10.1. The van der Waals surface area contributed by atoms with Gasteiger partial charge in [0.1, 0.15) is 0 Å². The number of anilines is 2. The molecule has 0 aliphatic carbocycles. The molecule has 0 fully saturated rings. The Morgan fingerprint density at radius 2 is 1.76 bits per heavy atom. The highest BCUT2D eigenvalue weighted by Crippen LogP contribution is 2.48. The average molecular weight is 370 g/mol. The number of hydrogen-bond donors (Lipinski definition) is 0. The molecule has 2 aromatic carbocycles. The van der Waals surface area contributed by atoms with Crippen LogP contribution in [0.1, 0.15) is 33.6 Å². The van der Waals surface area contributed by atoms with E-state index in [4.69, 9.17) is 11.6 Å². The minimum atomic E-state index is 0.785. The number of rotatable bonds is 5. The average Bonchev–Trinajstić information content (AvgIpc) is 2.58. The molecule has 0 atom stereocenters. The van der Waals surface area contributed by atoms with Gasteiger partial charge < -0.3 is 4.90 Å². The summed E-state index contributed by atoms with van der Waals surface area (Å²) in [6.45, 7) is 7.40. The van der Waals surface area contributed by atoms with Crippen molar-refractivity contribution in [2.45, 2.75) is 43.4 Å². The summed E-state index contributed by atoms with van der Waals surface area (Å²) in [6, 6.07) is 14.8. The Labute approximate surface area is 160 Å². The number of halogens is 1. The summed E-state index contributed by atoms with van der Waals surface area (Å²) in [5.74, 6) is 0. The normalized spacial score (nSPS) is 13.3. The second-order valence-corrected chi connectivity index (χ2v) is 8.18. The summed E-state index contributed by atoms with van der Waals surface area (Å²) in [4.78, 5) is 4.93. The Morgan fingerprint density at radius 3 is 2.56 bits per heavy atom. The van der Waals surface area contributed by atoms with E-state index in [2.05, 4.69) is 74.2 Å². The molecule has 0 saturated heterocycles. The molecule has 0 N–H and O–H groups in total. The molecule has 3 heteroatoms. The topological polar surface area (TPSA) is 3.24 Å². The molecule has 3 rings (SSSR count). The molecule has 1 aliphatic rings. The molecule has 25 heavy (non-hydrogen) atoms. The van der Waals surface area contributed by atoms with E-state index in [1.807, 2.05) is 17.8 Å². The molecule has 0 amide bonds. The molecule has 1 aliphatic heterocycles. The summed E-state index contributed by atoms with van der Waals surface area (Å²) in [5.41, 5.74) is 5.27. The third-order valence-electron chi connectivity index (χ3n) is 4.30. The Balaban J connectivity index is 1.85. The van der Waals surface area contributed by atoms with E-state index in [0.717, 1.165) is 24.4 Å². The summed E-state index contributed by atoms with van der Waals surface area (Å²) in [6.07, 6.45) is 6.87. The standard InChI is InChI=1S/C22H24ClNS/c1-16(2)7-6-8-17(3)13-14-24-19-9-4-5-10-21(19)25-22-12-11-18(23)15-20(22)24/h4-5,7,9-13,15H,6,8,14H2,1-3H3. The number of hydrogen-bond acceptors (Lipinski definition) is 2. The number of para-hydroxylation sites is 1. The zero-order chi connectivity index (χ0) is 17.8. The van der Waals surface area contributed by atoms with Crippen molar-refractivity contribution in [1.29, 1.82) is 0 Å². The van der Waals surface area contributed by atoms with E-state index < -0.39 is 0 Å². The summed E-state index contributed by atoms with van der Waals surface area (Å²) >= 11 is 8.09. The SMILES string of the molecule is CC(C)=CCCC(C)=CCN1c2ccccc2Sc2ccc(Cl)cc21. The highest BCUT2D eigenvalue weighted by Gasteiger charge is 2.22. The predicted molar refractivity (Wildman–Crippen MR) is 111 cm³/mol. The molecule has 0 aromatic heterocycles. The largest absolute Gasteiger partial charge is 0.336 e. The van der Waals surface area contributed by atoms with Crippen LogP contribution in [-0.2, 0) is 0 Å². The number of fused-ring (bicyclic) bond motifs is 2. The Morgan fingerprint density at radius 1 is 1.00 bits per heavy atom. The maximum Gasteiger partial charge on any atom is 0.0570 e. The van der Waals surface area contributed by atoms with E-state index in [0.29, 0.717) is 0 Å². The van der Waals surface area contributed by atoms with Gasteiger partial charge in [0.05, 0.1) is 11.4 Å². The maximum absolute atomic E-state index is 6.27. The van der Waals surface area contributed by atoms with Gasteiger partial charge in [-0.1, -0.05) is 58.8 Å². The van der Waals surface area contributed by atoms with Crippen LogP contribution in [0.3, 0.4) is 0 Å². The van der Waals surface area contributed by atoms with Gasteiger partial charge in [-0.25, -0.2) is 0 Å². The monoisotopic (exact) mass is 369 g/mol. The van der Waals surface area contributed by atoms with Crippen molar-refractivity contribution in [3.05, 3.63) is 70.8 Å². The van der Waals surface area contributed by atoms with Crippen LogP contribution in [-0.4, -0.2) is 6.54 Å². The van der Waals surface area contributed by atoms with Gasteiger partial charge in [0, 0.05) is 21.4 Å². The van der Waals surface area contributed by atoms with E-state index in [9.17, 15) is 0 Å². The van der Waals surface area contributed by atoms with E-state index in [1.165, 1.54) is 32.3 Å². The number of benzene rings is 2. The Kier molecular flexibility index (Phi) is 5.93. The van der Waals surface area contributed by atoms with E-state index >= 15 is 0 Å². The fourth-order valence-corrected chi connectivity index (χ4v) is 4.18. The first kappa shape index (κ1) is 18.2. The maximum atomic E-state index is 6.27. The lowest BCUT2D eigenvalue weighted by molar-refractivity contribution is 0.944. The van der Waals surface area contributed by atoms with Crippen LogP contribution in [0.4, 0.5) is 11.4 Å². The first-order valence-electron chi connectivity index (χ1n) is 8.67. The molecule has 1 nitrogen and oxygen atoms in total. The van der Waals surface area contributed by atoms with Gasteiger partial charge in [-0.15, -0.1) is 0 Å². The van der Waals surface area contributed by atoms with Crippen molar-refractivity contribution in [2.75, 3.05) is 11.4 Å². The highest BCUT2D eigenvalue weighted by atomic mass is 35.5. The molecular weight excluding hydrogens is 346 g/mol. The smallest absolute Gasteiger partial charge is 0.0570 e. The van der Waals surface area contributed by atoms with Crippen LogP contribution in [0, 0.1) is 0 Å². The van der Waals surface area contributed by atoms with Crippen LogP contribution in [0.5, 0.6) is 0 Å². The molecule has 130 valence electrons. The first-order chi connectivity index (χ1) is 12.0. The quantitative estimate of drug-likeness (QED) is 0.498. The molecule has 1 heterocycles. The van der Waals surface area contributed by atoms with Crippen molar-refractivity contribution in [1.82, 2.24) is 0 Å². The lowest BCUT2D eigenvalue weighted by Crippen LogP contribution is -2.20. The van der Waals surface area contributed by atoms with Gasteiger partial charge >= 0.3 is 0 Å². The second-order valence-electron chi connectivity index (χ2n) is 6.66. The van der Waals surface area contributed by atoms with Crippen LogP contribution < -0.4 is 4.90 Å². The molecule has 0 spiro atoms. The predicted octanol–water partition coefficient (Wildman–Crippen LogP) is 7.64. The fraction of sp³-hybridized carbons (Fsp3) is 0.273. The Hall–Kier alpha value is -1.64. The van der Waals surface area contributed by atoms with Crippen LogP contribution in [0.2, 0.25) is 5.02 Å².